The third-order valence-corrected chi connectivity index (χ3v) is 5.27. The van der Waals surface area contributed by atoms with Crippen molar-refractivity contribution in [1.29, 1.82) is 0 Å². The fraction of sp³-hybridized carbons (Fsp3) is 0.667. The fourth-order valence-corrected chi connectivity index (χ4v) is 3.90. The number of esters is 1. The molecule has 1 aliphatic heterocycles. The molecule has 1 aromatic heterocycles. The quantitative estimate of drug-likeness (QED) is 0.835. The Hall–Kier alpha value is -2.18. The molecule has 0 aromatic carbocycles. The van der Waals surface area contributed by atoms with Crippen LogP contribution < -0.4 is 10.2 Å². The zero-order chi connectivity index (χ0) is 17.7. The summed E-state index contributed by atoms with van der Waals surface area (Å²) in [6.07, 6.45) is 9.41. The first-order valence-corrected chi connectivity index (χ1v) is 9.07. The van der Waals surface area contributed by atoms with Crippen molar-refractivity contribution in [1.82, 2.24) is 15.3 Å². The average Bonchev–Trinajstić information content (AvgIpc) is 2.68. The van der Waals surface area contributed by atoms with Gasteiger partial charge >= 0.3 is 5.97 Å². The Morgan fingerprint density at radius 1 is 1.20 bits per heavy atom. The van der Waals surface area contributed by atoms with E-state index in [-0.39, 0.29) is 17.8 Å². The minimum atomic E-state index is -0.852. The molecule has 1 aromatic rings. The van der Waals surface area contributed by atoms with Gasteiger partial charge in [0.2, 0.25) is 11.9 Å². The number of hydrogen-bond acceptors (Lipinski definition) is 6. The van der Waals surface area contributed by atoms with E-state index < -0.39 is 5.54 Å². The molecule has 1 atom stereocenters. The molecule has 136 valence electrons. The van der Waals surface area contributed by atoms with Crippen LogP contribution in [0.2, 0.25) is 0 Å². The van der Waals surface area contributed by atoms with Gasteiger partial charge in [-0.15, -0.1) is 0 Å². The van der Waals surface area contributed by atoms with Gasteiger partial charge in [-0.25, -0.2) is 14.8 Å². The SMILES string of the molecule is COC(=O)C1(NC(=O)[C@@H]2CCCN(c3ncccn3)C2)CCCCC1. The van der Waals surface area contributed by atoms with Crippen molar-refractivity contribution in [2.75, 3.05) is 25.1 Å². The van der Waals surface area contributed by atoms with Gasteiger partial charge in [0.05, 0.1) is 13.0 Å². The van der Waals surface area contributed by atoms with E-state index in [4.69, 9.17) is 4.74 Å². The Morgan fingerprint density at radius 2 is 1.92 bits per heavy atom. The van der Waals surface area contributed by atoms with Gasteiger partial charge in [0.25, 0.3) is 0 Å². The molecule has 2 heterocycles. The average molecular weight is 346 g/mol. The normalized spacial score (nSPS) is 22.9. The van der Waals surface area contributed by atoms with E-state index in [1.165, 1.54) is 7.11 Å². The summed E-state index contributed by atoms with van der Waals surface area (Å²) in [4.78, 5) is 35.8. The summed E-state index contributed by atoms with van der Waals surface area (Å²) in [5, 5.41) is 3.04. The molecule has 0 bridgehead atoms. The Morgan fingerprint density at radius 3 is 2.60 bits per heavy atom. The second-order valence-corrected chi connectivity index (χ2v) is 6.96. The summed E-state index contributed by atoms with van der Waals surface area (Å²) in [5.41, 5.74) is -0.852. The lowest BCUT2D eigenvalue weighted by molar-refractivity contribution is -0.153. The highest BCUT2D eigenvalue weighted by Crippen LogP contribution is 2.30. The summed E-state index contributed by atoms with van der Waals surface area (Å²) in [5.74, 6) is 0.105. The largest absolute Gasteiger partial charge is 0.467 e. The molecule has 1 amide bonds. The van der Waals surface area contributed by atoms with E-state index >= 15 is 0 Å². The number of ether oxygens (including phenoxy) is 1. The van der Waals surface area contributed by atoms with Crippen molar-refractivity contribution in [2.24, 2.45) is 5.92 Å². The van der Waals surface area contributed by atoms with E-state index in [1.54, 1.807) is 18.5 Å². The van der Waals surface area contributed by atoms with E-state index in [0.29, 0.717) is 25.3 Å². The van der Waals surface area contributed by atoms with Crippen LogP contribution in [0.25, 0.3) is 0 Å². The number of carbonyl (C=O) groups is 2. The number of amides is 1. The molecule has 1 aliphatic carbocycles. The smallest absolute Gasteiger partial charge is 0.331 e. The molecule has 2 fully saturated rings. The summed E-state index contributed by atoms with van der Waals surface area (Å²) in [7, 11) is 1.39. The number of nitrogens with one attached hydrogen (secondary N) is 1. The molecule has 1 N–H and O–H groups in total. The van der Waals surface area contributed by atoms with Gasteiger partial charge in [-0.3, -0.25) is 4.79 Å². The van der Waals surface area contributed by atoms with Crippen LogP contribution in [-0.2, 0) is 14.3 Å². The number of hydrogen-bond donors (Lipinski definition) is 1. The number of carbonyl (C=O) groups excluding carboxylic acids is 2. The van der Waals surface area contributed by atoms with E-state index in [0.717, 1.165) is 38.6 Å². The molecular formula is C18H26N4O3. The molecule has 3 rings (SSSR count). The zero-order valence-corrected chi connectivity index (χ0v) is 14.7. The van der Waals surface area contributed by atoms with Crippen molar-refractivity contribution in [3.8, 4) is 0 Å². The highest BCUT2D eigenvalue weighted by atomic mass is 16.5. The Kier molecular flexibility index (Phi) is 5.50. The molecule has 0 spiro atoms. The van der Waals surface area contributed by atoms with Gasteiger partial charge in [0.1, 0.15) is 5.54 Å². The maximum absolute atomic E-state index is 12.9. The van der Waals surface area contributed by atoms with Gasteiger partial charge in [0.15, 0.2) is 0 Å². The molecular weight excluding hydrogens is 320 g/mol. The maximum Gasteiger partial charge on any atom is 0.331 e. The third-order valence-electron chi connectivity index (χ3n) is 5.27. The summed E-state index contributed by atoms with van der Waals surface area (Å²) in [6.45, 7) is 1.42. The van der Waals surface area contributed by atoms with Crippen molar-refractivity contribution < 1.29 is 14.3 Å². The number of rotatable bonds is 4. The summed E-state index contributed by atoms with van der Waals surface area (Å²) >= 11 is 0. The monoisotopic (exact) mass is 346 g/mol. The minimum absolute atomic E-state index is 0.0621. The molecule has 0 radical (unpaired) electrons. The first-order valence-electron chi connectivity index (χ1n) is 9.07. The highest BCUT2D eigenvalue weighted by Gasteiger charge is 2.43. The van der Waals surface area contributed by atoms with Crippen molar-refractivity contribution in [2.45, 2.75) is 50.5 Å². The van der Waals surface area contributed by atoms with E-state index in [2.05, 4.69) is 15.3 Å². The second kappa shape index (κ2) is 7.80. The standard InChI is InChI=1S/C18H26N4O3/c1-25-16(24)18(8-3-2-4-9-18)21-15(23)14-7-5-12-22(13-14)17-19-10-6-11-20-17/h6,10-11,14H,2-5,7-9,12-13H2,1H3,(H,21,23)/t14-/m1/s1. The predicted octanol–water partition coefficient (Wildman–Crippen LogP) is 1.69. The number of methoxy groups -OCH3 is 1. The molecule has 7 nitrogen and oxygen atoms in total. The lowest BCUT2D eigenvalue weighted by atomic mass is 9.81. The first kappa shape index (κ1) is 17.6. The second-order valence-electron chi connectivity index (χ2n) is 6.96. The van der Waals surface area contributed by atoms with Crippen LogP contribution >= 0.6 is 0 Å². The number of piperidine rings is 1. The van der Waals surface area contributed by atoms with Crippen LogP contribution in [0.15, 0.2) is 18.5 Å². The summed E-state index contributed by atoms with van der Waals surface area (Å²) in [6, 6.07) is 1.78. The van der Waals surface area contributed by atoms with Crippen LogP contribution in [0, 0.1) is 5.92 Å². The summed E-state index contributed by atoms with van der Waals surface area (Å²) < 4.78 is 4.99. The van der Waals surface area contributed by atoms with Gasteiger partial charge in [-0.1, -0.05) is 19.3 Å². The minimum Gasteiger partial charge on any atom is -0.467 e. The van der Waals surface area contributed by atoms with Gasteiger partial charge in [0, 0.05) is 25.5 Å². The molecule has 25 heavy (non-hydrogen) atoms. The number of nitrogens with zero attached hydrogens (tertiary/aromatic N) is 3. The van der Waals surface area contributed by atoms with Crippen molar-refractivity contribution in [3.63, 3.8) is 0 Å². The molecule has 7 heteroatoms. The number of anilines is 1. The molecule has 1 saturated heterocycles. The molecule has 0 unspecified atom stereocenters. The van der Waals surface area contributed by atoms with Crippen LogP contribution in [0.5, 0.6) is 0 Å². The van der Waals surface area contributed by atoms with Crippen LogP contribution in [-0.4, -0.2) is 47.6 Å². The fourth-order valence-electron chi connectivity index (χ4n) is 3.90. The zero-order valence-electron chi connectivity index (χ0n) is 14.7. The topological polar surface area (TPSA) is 84.4 Å². The Balaban J connectivity index is 1.68. The molecule has 2 aliphatic rings. The van der Waals surface area contributed by atoms with Crippen molar-refractivity contribution in [3.05, 3.63) is 18.5 Å². The third kappa shape index (κ3) is 3.91. The first-order chi connectivity index (χ1) is 12.1. The highest BCUT2D eigenvalue weighted by molar-refractivity contribution is 5.89. The van der Waals surface area contributed by atoms with E-state index in [9.17, 15) is 9.59 Å². The molecule has 1 saturated carbocycles. The van der Waals surface area contributed by atoms with Crippen molar-refractivity contribution >= 4 is 17.8 Å². The Labute approximate surface area is 148 Å². The predicted molar refractivity (Wildman–Crippen MR) is 92.9 cm³/mol. The maximum atomic E-state index is 12.9. The Bertz CT molecular complexity index is 602. The van der Waals surface area contributed by atoms with Crippen LogP contribution in [0.3, 0.4) is 0 Å². The lowest BCUT2D eigenvalue weighted by Crippen LogP contribution is -2.58. The van der Waals surface area contributed by atoms with Crippen LogP contribution in [0.1, 0.15) is 44.9 Å². The van der Waals surface area contributed by atoms with Gasteiger partial charge < -0.3 is 15.0 Å². The lowest BCUT2D eigenvalue weighted by Gasteiger charge is -2.38. The van der Waals surface area contributed by atoms with Gasteiger partial charge in [-0.2, -0.15) is 0 Å². The van der Waals surface area contributed by atoms with Crippen LogP contribution in [0.4, 0.5) is 5.95 Å². The van der Waals surface area contributed by atoms with E-state index in [1.807, 2.05) is 4.90 Å². The number of aromatic nitrogens is 2. The van der Waals surface area contributed by atoms with Gasteiger partial charge in [-0.05, 0) is 31.7 Å².